The molecule has 5 aliphatic rings. The third-order valence-electron chi connectivity index (χ3n) is 8.79. The van der Waals surface area contributed by atoms with E-state index < -0.39 is 0 Å². The van der Waals surface area contributed by atoms with Crippen LogP contribution >= 0.6 is 11.6 Å². The summed E-state index contributed by atoms with van der Waals surface area (Å²) in [6.45, 7) is 9.29. The molecule has 2 saturated heterocycles. The minimum absolute atomic E-state index is 0.166. The number of nitrogens with zero attached hydrogens (tertiary/aromatic N) is 6. The van der Waals surface area contributed by atoms with Crippen LogP contribution in [-0.4, -0.2) is 68.9 Å². The SMILES string of the molecule is C[C@@H]1OC[C@]1(C)N1CCN(c2cc3c(cnn3-c3cnn(C45CC(C4)C5)c3)cc2Cl)CC1. The summed E-state index contributed by atoms with van der Waals surface area (Å²) in [4.78, 5) is 4.99. The summed E-state index contributed by atoms with van der Waals surface area (Å²) in [6.07, 6.45) is 10.2. The highest BCUT2D eigenvalue weighted by atomic mass is 35.5. The Balaban J connectivity index is 1.17. The highest BCUT2D eigenvalue weighted by Gasteiger charge is 2.58. The molecular weight excluding hydrogens is 424 g/mol. The average Bonchev–Trinajstić information content (AvgIpc) is 3.36. The van der Waals surface area contributed by atoms with Gasteiger partial charge in [-0.15, -0.1) is 0 Å². The third-order valence-corrected chi connectivity index (χ3v) is 9.09. The quantitative estimate of drug-likeness (QED) is 0.604. The molecule has 0 N–H and O–H groups in total. The zero-order chi connectivity index (χ0) is 21.7. The lowest BCUT2D eigenvalue weighted by molar-refractivity contribution is -0.186. The molecule has 3 saturated carbocycles. The van der Waals surface area contributed by atoms with Gasteiger partial charge in [0.05, 0.1) is 58.6 Å². The van der Waals surface area contributed by atoms with E-state index in [1.54, 1.807) is 0 Å². The van der Waals surface area contributed by atoms with Crippen molar-refractivity contribution in [3.8, 4) is 5.69 Å². The molecule has 5 fully saturated rings. The van der Waals surface area contributed by atoms with Crippen molar-refractivity contribution in [2.45, 2.75) is 50.3 Å². The first-order chi connectivity index (χ1) is 15.5. The Morgan fingerprint density at radius 1 is 1.06 bits per heavy atom. The minimum atomic E-state index is 0.166. The van der Waals surface area contributed by atoms with Crippen LogP contribution in [0, 0.1) is 5.92 Å². The Morgan fingerprint density at radius 3 is 2.47 bits per heavy atom. The molecule has 2 aliphatic heterocycles. The average molecular weight is 453 g/mol. The first-order valence-corrected chi connectivity index (χ1v) is 12.2. The van der Waals surface area contributed by atoms with Gasteiger partial charge in [-0.2, -0.15) is 10.2 Å². The molecule has 8 heteroatoms. The van der Waals surface area contributed by atoms with E-state index in [0.29, 0.717) is 11.6 Å². The lowest BCUT2D eigenvalue weighted by Gasteiger charge is -2.61. The van der Waals surface area contributed by atoms with Crippen molar-refractivity contribution < 1.29 is 4.74 Å². The van der Waals surface area contributed by atoms with Crippen LogP contribution in [0.2, 0.25) is 5.02 Å². The van der Waals surface area contributed by atoms with Gasteiger partial charge in [0.1, 0.15) is 5.69 Å². The van der Waals surface area contributed by atoms with Crippen LogP contribution in [0.15, 0.2) is 30.7 Å². The number of benzene rings is 1. The number of ether oxygens (including phenoxy) is 1. The molecule has 3 aliphatic carbocycles. The maximum atomic E-state index is 6.75. The van der Waals surface area contributed by atoms with Crippen LogP contribution < -0.4 is 4.90 Å². The van der Waals surface area contributed by atoms with Gasteiger partial charge in [-0.05, 0) is 51.2 Å². The van der Waals surface area contributed by atoms with Gasteiger partial charge in [0.25, 0.3) is 0 Å². The summed E-state index contributed by atoms with van der Waals surface area (Å²) in [5, 5.41) is 11.2. The van der Waals surface area contributed by atoms with E-state index in [4.69, 9.17) is 21.4 Å². The first-order valence-electron chi connectivity index (χ1n) is 11.8. The molecule has 1 aromatic carbocycles. The van der Waals surface area contributed by atoms with Crippen molar-refractivity contribution in [3.63, 3.8) is 0 Å². The highest BCUT2D eigenvalue weighted by Crippen LogP contribution is 2.62. The van der Waals surface area contributed by atoms with E-state index in [9.17, 15) is 0 Å². The molecule has 0 radical (unpaired) electrons. The number of rotatable bonds is 4. The Bertz CT molecular complexity index is 1190. The van der Waals surface area contributed by atoms with E-state index in [-0.39, 0.29) is 5.54 Å². The number of hydrogen-bond acceptors (Lipinski definition) is 5. The van der Waals surface area contributed by atoms with Gasteiger partial charge < -0.3 is 9.64 Å². The van der Waals surface area contributed by atoms with Crippen molar-refractivity contribution in [3.05, 3.63) is 35.7 Å². The van der Waals surface area contributed by atoms with Crippen molar-refractivity contribution >= 4 is 28.2 Å². The number of piperazine rings is 1. The molecule has 0 amide bonds. The number of aromatic nitrogens is 4. The summed E-state index contributed by atoms with van der Waals surface area (Å²) >= 11 is 6.75. The lowest BCUT2D eigenvalue weighted by atomic mass is 9.50. The second-order valence-electron chi connectivity index (χ2n) is 10.5. The van der Waals surface area contributed by atoms with Gasteiger partial charge in [0.2, 0.25) is 0 Å². The summed E-state index contributed by atoms with van der Waals surface area (Å²) in [5.41, 5.74) is 3.65. The zero-order valence-electron chi connectivity index (χ0n) is 18.7. The smallest absolute Gasteiger partial charge is 0.103 e. The van der Waals surface area contributed by atoms with E-state index in [1.165, 1.54) is 19.3 Å². The monoisotopic (exact) mass is 452 g/mol. The van der Waals surface area contributed by atoms with E-state index in [1.807, 2.05) is 17.1 Å². The Morgan fingerprint density at radius 2 is 1.84 bits per heavy atom. The van der Waals surface area contributed by atoms with Crippen LogP contribution in [0.4, 0.5) is 5.69 Å². The molecule has 168 valence electrons. The van der Waals surface area contributed by atoms with Crippen LogP contribution in [0.5, 0.6) is 0 Å². The fourth-order valence-electron chi connectivity index (χ4n) is 6.18. The Kier molecular flexibility index (Phi) is 3.93. The van der Waals surface area contributed by atoms with Crippen molar-refractivity contribution in [2.24, 2.45) is 5.92 Å². The topological polar surface area (TPSA) is 51.4 Å². The molecule has 2 aromatic heterocycles. The van der Waals surface area contributed by atoms with Gasteiger partial charge in [0, 0.05) is 31.6 Å². The summed E-state index contributed by atoms with van der Waals surface area (Å²) in [6, 6.07) is 4.26. The van der Waals surface area contributed by atoms with E-state index in [2.05, 4.69) is 51.8 Å². The molecule has 3 aromatic rings. The fraction of sp³-hybridized carbons (Fsp3) is 0.583. The minimum Gasteiger partial charge on any atom is -0.374 e. The van der Waals surface area contributed by atoms with Crippen LogP contribution in [0.25, 0.3) is 16.6 Å². The second kappa shape index (κ2) is 6.49. The molecule has 0 unspecified atom stereocenters. The number of hydrogen-bond donors (Lipinski definition) is 0. The van der Waals surface area contributed by atoms with Gasteiger partial charge in [-0.25, -0.2) is 4.68 Å². The first kappa shape index (κ1) is 19.4. The predicted molar refractivity (Wildman–Crippen MR) is 125 cm³/mol. The maximum Gasteiger partial charge on any atom is 0.103 e. The Labute approximate surface area is 192 Å². The van der Waals surface area contributed by atoms with Crippen molar-refractivity contribution in [2.75, 3.05) is 37.7 Å². The van der Waals surface area contributed by atoms with Crippen molar-refractivity contribution in [1.82, 2.24) is 24.5 Å². The molecule has 7 nitrogen and oxygen atoms in total. The van der Waals surface area contributed by atoms with Gasteiger partial charge in [0.15, 0.2) is 0 Å². The van der Waals surface area contributed by atoms with Crippen LogP contribution in [-0.2, 0) is 10.3 Å². The fourth-order valence-corrected chi connectivity index (χ4v) is 6.47. The van der Waals surface area contributed by atoms with Crippen LogP contribution in [0.1, 0.15) is 33.1 Å². The molecule has 2 atom stereocenters. The summed E-state index contributed by atoms with van der Waals surface area (Å²) < 4.78 is 9.85. The van der Waals surface area contributed by atoms with Gasteiger partial charge in [-0.1, -0.05) is 11.6 Å². The van der Waals surface area contributed by atoms with Gasteiger partial charge in [-0.3, -0.25) is 9.58 Å². The van der Waals surface area contributed by atoms with Gasteiger partial charge >= 0.3 is 0 Å². The normalized spacial score (nSPS) is 34.3. The number of fused-ring (bicyclic) bond motifs is 1. The molecule has 4 heterocycles. The van der Waals surface area contributed by atoms with Crippen LogP contribution in [0.3, 0.4) is 0 Å². The maximum absolute atomic E-state index is 6.75. The Hall–Kier alpha value is -2.09. The largest absolute Gasteiger partial charge is 0.374 e. The third kappa shape index (κ3) is 2.56. The van der Waals surface area contributed by atoms with Crippen molar-refractivity contribution in [1.29, 1.82) is 0 Å². The second-order valence-corrected chi connectivity index (χ2v) is 11.0. The highest BCUT2D eigenvalue weighted by molar-refractivity contribution is 6.34. The zero-order valence-corrected chi connectivity index (χ0v) is 19.4. The van der Waals surface area contributed by atoms with E-state index >= 15 is 0 Å². The standard InChI is InChI=1S/C24H29ClN6O/c1-16-23(2,15-32-16)29-5-3-28(4-6-29)22-8-21-18(7-20(22)25)12-27-31(21)19-13-26-30(14-19)24-9-17(10-24)11-24/h7-8,12-14,16-17H,3-6,9-11,15H2,1-2H3/t16-,17?,23-,24?/m0/s1. The lowest BCUT2D eigenvalue weighted by Crippen LogP contribution is -2.68. The molecule has 8 rings (SSSR count). The molecular formula is C24H29ClN6O. The predicted octanol–water partition coefficient (Wildman–Crippen LogP) is 3.68. The summed E-state index contributed by atoms with van der Waals surface area (Å²) in [7, 11) is 0. The molecule has 32 heavy (non-hydrogen) atoms. The summed E-state index contributed by atoms with van der Waals surface area (Å²) in [5.74, 6) is 0.931. The molecule has 2 bridgehead atoms. The number of halogens is 1. The van der Waals surface area contributed by atoms with E-state index in [0.717, 1.165) is 66.0 Å². The number of anilines is 1. The molecule has 0 spiro atoms.